The molecule has 1 atom stereocenters. The van der Waals surface area contributed by atoms with Crippen LogP contribution in [0.3, 0.4) is 0 Å². The minimum absolute atomic E-state index is 0.0534. The number of nitrogens with zero attached hydrogens (tertiary/aromatic N) is 2. The van der Waals surface area contributed by atoms with Crippen LogP contribution in [0, 0.1) is 10.1 Å². The maximum atomic E-state index is 12.7. The highest BCUT2D eigenvalue weighted by Crippen LogP contribution is 2.35. The van der Waals surface area contributed by atoms with E-state index >= 15 is 0 Å². The largest absolute Gasteiger partial charge is 0.490 e. The van der Waals surface area contributed by atoms with E-state index in [4.69, 9.17) is 4.74 Å². The molecule has 0 aliphatic heterocycles. The molecule has 28 heavy (non-hydrogen) atoms. The summed E-state index contributed by atoms with van der Waals surface area (Å²) in [6, 6.07) is 7.41. The molecule has 150 valence electrons. The molecule has 0 unspecified atom stereocenters. The van der Waals surface area contributed by atoms with Gasteiger partial charge < -0.3 is 4.74 Å². The average molecular weight is 460 g/mol. The second-order valence-corrected chi connectivity index (χ2v) is 6.74. The van der Waals surface area contributed by atoms with Gasteiger partial charge in [-0.3, -0.25) is 15.5 Å². The molecule has 2 aromatic carbocycles. The number of anilines is 1. The Hall–Kier alpha value is -2.62. The smallest absolute Gasteiger partial charge is 0.416 e. The topological polar surface area (TPSA) is 76.8 Å². The van der Waals surface area contributed by atoms with Gasteiger partial charge in [0.25, 0.3) is 5.69 Å². The molecular weight excluding hydrogens is 443 g/mol. The van der Waals surface area contributed by atoms with Crippen molar-refractivity contribution in [2.75, 3.05) is 5.43 Å². The number of nitro groups is 1. The van der Waals surface area contributed by atoms with Crippen molar-refractivity contribution < 1.29 is 22.8 Å². The normalized spacial score (nSPS) is 12.8. The minimum atomic E-state index is -4.67. The van der Waals surface area contributed by atoms with Crippen LogP contribution in [0.5, 0.6) is 5.75 Å². The molecule has 6 nitrogen and oxygen atoms in total. The fourth-order valence-corrected chi connectivity index (χ4v) is 2.61. The van der Waals surface area contributed by atoms with E-state index in [1.54, 1.807) is 18.2 Å². The molecular formula is C18H17BrF3N3O3. The Kier molecular flexibility index (Phi) is 7.00. The predicted octanol–water partition coefficient (Wildman–Crippen LogP) is 6.00. The van der Waals surface area contributed by atoms with Crippen molar-refractivity contribution in [3.63, 3.8) is 0 Å². The summed E-state index contributed by atoms with van der Waals surface area (Å²) < 4.78 is 44.6. The van der Waals surface area contributed by atoms with Gasteiger partial charge in [-0.05, 0) is 65.2 Å². The van der Waals surface area contributed by atoms with Crippen LogP contribution in [-0.2, 0) is 6.18 Å². The average Bonchev–Trinajstić information content (AvgIpc) is 2.62. The molecule has 0 amide bonds. The summed E-state index contributed by atoms with van der Waals surface area (Å²) in [5.74, 6) is 0.665. The maximum Gasteiger partial charge on any atom is 0.416 e. The lowest BCUT2D eigenvalue weighted by atomic mass is 10.1. The molecule has 0 aliphatic rings. The van der Waals surface area contributed by atoms with E-state index in [2.05, 4.69) is 26.5 Å². The number of halogens is 4. The van der Waals surface area contributed by atoms with Gasteiger partial charge in [0, 0.05) is 6.07 Å². The van der Waals surface area contributed by atoms with E-state index in [0.29, 0.717) is 21.9 Å². The number of hydrogen-bond donors (Lipinski definition) is 1. The highest BCUT2D eigenvalue weighted by atomic mass is 79.9. The highest BCUT2D eigenvalue weighted by Gasteiger charge is 2.33. The highest BCUT2D eigenvalue weighted by molar-refractivity contribution is 9.10. The summed E-state index contributed by atoms with van der Waals surface area (Å²) in [4.78, 5) is 10.2. The van der Waals surface area contributed by atoms with Crippen LogP contribution in [0.1, 0.15) is 31.4 Å². The number of rotatable bonds is 7. The quantitative estimate of drug-likeness (QED) is 0.313. The van der Waals surface area contributed by atoms with Crippen LogP contribution < -0.4 is 10.2 Å². The van der Waals surface area contributed by atoms with Crippen LogP contribution in [0.4, 0.5) is 24.5 Å². The Morgan fingerprint density at radius 2 is 2.04 bits per heavy atom. The molecule has 1 N–H and O–H groups in total. The number of hydrogen-bond acceptors (Lipinski definition) is 5. The first-order chi connectivity index (χ1) is 13.1. The molecule has 0 spiro atoms. The fraction of sp³-hybridized carbons (Fsp3) is 0.278. The van der Waals surface area contributed by atoms with Gasteiger partial charge in [0.05, 0.1) is 27.3 Å². The van der Waals surface area contributed by atoms with Crippen LogP contribution in [0.25, 0.3) is 0 Å². The van der Waals surface area contributed by atoms with Crippen molar-refractivity contribution in [3.8, 4) is 5.75 Å². The van der Waals surface area contributed by atoms with Crippen molar-refractivity contribution in [1.29, 1.82) is 0 Å². The molecule has 0 aliphatic carbocycles. The minimum Gasteiger partial charge on any atom is -0.490 e. The maximum absolute atomic E-state index is 12.7. The van der Waals surface area contributed by atoms with Crippen molar-refractivity contribution >= 4 is 33.5 Å². The molecule has 0 heterocycles. The Morgan fingerprint density at radius 1 is 1.32 bits per heavy atom. The van der Waals surface area contributed by atoms with Gasteiger partial charge in [0.15, 0.2) is 0 Å². The Labute approximate surface area is 167 Å². The van der Waals surface area contributed by atoms with Crippen LogP contribution >= 0.6 is 15.9 Å². The van der Waals surface area contributed by atoms with E-state index < -0.39 is 22.4 Å². The predicted molar refractivity (Wildman–Crippen MR) is 104 cm³/mol. The summed E-state index contributed by atoms with van der Waals surface area (Å²) in [5, 5.41) is 14.9. The Morgan fingerprint density at radius 3 is 2.61 bits per heavy atom. The molecule has 0 radical (unpaired) electrons. The lowest BCUT2D eigenvalue weighted by Crippen LogP contribution is -2.10. The molecule has 2 aromatic rings. The summed E-state index contributed by atoms with van der Waals surface area (Å²) >= 11 is 3.40. The van der Waals surface area contributed by atoms with E-state index in [9.17, 15) is 23.3 Å². The van der Waals surface area contributed by atoms with Gasteiger partial charge in [0.2, 0.25) is 0 Å². The van der Waals surface area contributed by atoms with Gasteiger partial charge in [-0.25, -0.2) is 0 Å². The standard InChI is InChI=1S/C18H17BrF3N3O3/c1-3-11(2)28-17-7-4-12(8-14(17)19)10-23-24-15-6-5-13(18(20,21)22)9-16(15)25(26)27/h4-11,24H,3H2,1-2H3/b23-10-/t11-/m0/s1. The second-order valence-electron chi connectivity index (χ2n) is 5.88. The fourth-order valence-electron chi connectivity index (χ4n) is 2.12. The molecule has 0 fully saturated rings. The second kappa shape index (κ2) is 9.05. The number of hydrazone groups is 1. The third kappa shape index (κ3) is 5.69. The monoisotopic (exact) mass is 459 g/mol. The Balaban J connectivity index is 2.16. The molecule has 0 bridgehead atoms. The van der Waals surface area contributed by atoms with Gasteiger partial charge in [-0.2, -0.15) is 18.3 Å². The third-order valence-corrected chi connectivity index (χ3v) is 4.40. The molecule has 10 heteroatoms. The van der Waals surface area contributed by atoms with E-state index in [-0.39, 0.29) is 11.8 Å². The first-order valence-electron chi connectivity index (χ1n) is 8.22. The van der Waals surface area contributed by atoms with E-state index in [1.165, 1.54) is 6.21 Å². The summed E-state index contributed by atoms with van der Waals surface area (Å²) in [6.07, 6.45) is -2.37. The van der Waals surface area contributed by atoms with Gasteiger partial charge in [0.1, 0.15) is 11.4 Å². The first-order valence-corrected chi connectivity index (χ1v) is 9.02. The number of benzene rings is 2. The summed E-state index contributed by atoms with van der Waals surface area (Å²) in [7, 11) is 0. The van der Waals surface area contributed by atoms with Crippen molar-refractivity contribution in [2.45, 2.75) is 32.5 Å². The van der Waals surface area contributed by atoms with E-state index in [0.717, 1.165) is 18.6 Å². The lowest BCUT2D eigenvalue weighted by molar-refractivity contribution is -0.384. The van der Waals surface area contributed by atoms with Crippen LogP contribution in [0.2, 0.25) is 0 Å². The Bertz CT molecular complexity index is 888. The number of alkyl halides is 3. The van der Waals surface area contributed by atoms with Gasteiger partial charge in [-0.1, -0.05) is 6.92 Å². The first kappa shape index (κ1) is 21.7. The molecule has 2 rings (SSSR count). The van der Waals surface area contributed by atoms with Crippen LogP contribution in [0.15, 0.2) is 46.0 Å². The van der Waals surface area contributed by atoms with Crippen molar-refractivity contribution in [3.05, 3.63) is 62.1 Å². The zero-order valence-corrected chi connectivity index (χ0v) is 16.5. The third-order valence-electron chi connectivity index (χ3n) is 3.78. The summed E-state index contributed by atoms with van der Waals surface area (Å²) in [6.45, 7) is 3.95. The van der Waals surface area contributed by atoms with E-state index in [1.807, 2.05) is 13.8 Å². The summed E-state index contributed by atoms with van der Waals surface area (Å²) in [5.41, 5.74) is 1.10. The SMILES string of the molecule is CC[C@H](C)Oc1ccc(/C=N\Nc2ccc(C(F)(F)F)cc2[N+](=O)[O-])cc1Br. The molecule has 0 saturated heterocycles. The number of ether oxygens (including phenoxy) is 1. The zero-order valence-electron chi connectivity index (χ0n) is 15.0. The molecule has 0 aromatic heterocycles. The van der Waals surface area contributed by atoms with Crippen molar-refractivity contribution in [2.24, 2.45) is 5.10 Å². The number of nitro benzene ring substituents is 1. The number of nitrogens with one attached hydrogen (secondary N) is 1. The van der Waals surface area contributed by atoms with Gasteiger partial charge >= 0.3 is 6.18 Å². The van der Waals surface area contributed by atoms with Crippen LogP contribution in [-0.4, -0.2) is 17.2 Å². The molecule has 0 saturated carbocycles. The van der Waals surface area contributed by atoms with Crippen molar-refractivity contribution in [1.82, 2.24) is 0 Å². The zero-order chi connectivity index (χ0) is 20.9. The lowest BCUT2D eigenvalue weighted by Gasteiger charge is -2.14. The van der Waals surface area contributed by atoms with Gasteiger partial charge in [-0.15, -0.1) is 0 Å².